The summed E-state index contributed by atoms with van der Waals surface area (Å²) >= 11 is 0. The van der Waals surface area contributed by atoms with E-state index in [1.165, 1.54) is 0 Å². The average Bonchev–Trinajstić information content (AvgIpc) is 3.18. The Bertz CT molecular complexity index is 1740. The maximum Gasteiger partial charge on any atom is 0.326 e. The minimum atomic E-state index is -1.80. The second-order valence-corrected chi connectivity index (χ2v) is 13.4. The highest BCUT2D eigenvalue weighted by Crippen LogP contribution is 2.06. The summed E-state index contributed by atoms with van der Waals surface area (Å²) < 4.78 is 0. The minimum absolute atomic E-state index is 0.348. The maximum atomic E-state index is 13.3. The first kappa shape index (κ1) is 55.5. The zero-order valence-electron chi connectivity index (χ0n) is 33.3. The minimum Gasteiger partial charge on any atom is -0.481 e. The lowest BCUT2D eigenvalue weighted by atomic mass is 10.1. The number of amides is 7. The van der Waals surface area contributed by atoms with Gasteiger partial charge in [-0.3, -0.25) is 62.3 Å². The Morgan fingerprint density at radius 1 is 0.333 bits per heavy atom. The van der Waals surface area contributed by atoms with E-state index in [9.17, 15) is 82.4 Å². The molecule has 0 bridgehead atoms. The van der Waals surface area contributed by atoms with E-state index in [2.05, 4.69) is 26.6 Å². The zero-order chi connectivity index (χ0) is 48.4. The fourth-order valence-electron chi connectivity index (χ4n) is 4.98. The van der Waals surface area contributed by atoms with Gasteiger partial charge < -0.3 is 78.7 Å². The number of hydrogen-bond donors (Lipinski definition) is 15. The van der Waals surface area contributed by atoms with E-state index in [-0.39, 0.29) is 6.42 Å². The van der Waals surface area contributed by atoms with Crippen molar-refractivity contribution in [1.29, 1.82) is 0 Å². The van der Waals surface area contributed by atoms with Gasteiger partial charge in [-0.25, -0.2) is 4.79 Å². The monoisotopic (exact) mass is 906 g/mol. The molecule has 0 aromatic heterocycles. The van der Waals surface area contributed by atoms with Crippen LogP contribution in [0.4, 0.5) is 0 Å². The highest BCUT2D eigenvalue weighted by molar-refractivity contribution is 5.96. The number of carbonyl (C=O) groups excluding carboxylic acids is 7. The Hall–Kier alpha value is -7.46. The molecule has 63 heavy (non-hydrogen) atoms. The van der Waals surface area contributed by atoms with Crippen molar-refractivity contribution < 1.29 is 103 Å². The topological polar surface area (TPSA) is 491 Å². The van der Waals surface area contributed by atoms with Crippen LogP contribution in [0.25, 0.3) is 0 Å². The molecule has 0 aliphatic rings. The molecule has 0 unspecified atom stereocenters. The number of rotatable bonds is 33. The summed E-state index contributed by atoms with van der Waals surface area (Å²) in [5, 5.41) is 78.0. The lowest BCUT2D eigenvalue weighted by molar-refractivity contribution is -0.144. The predicted octanol–water partition coefficient (Wildman–Crippen LogP) is -5.76. The summed E-state index contributed by atoms with van der Waals surface area (Å²) in [6.45, 7) is -1.99. The van der Waals surface area contributed by atoms with Gasteiger partial charge in [-0.2, -0.15) is 0 Å². The summed E-state index contributed by atoms with van der Waals surface area (Å²) in [6, 6.07) is -10.1. The molecule has 0 heterocycles. The fraction of sp³-hybridized carbons (Fsp3) is 0.588. The van der Waals surface area contributed by atoms with Crippen LogP contribution < -0.4 is 43.0 Å². The van der Waals surface area contributed by atoms with E-state index >= 15 is 0 Å². The number of carbonyl (C=O) groups is 14. The molecule has 0 aromatic rings. The molecular formula is C34H50N8O21. The molecule has 0 radical (unpaired) electrons. The van der Waals surface area contributed by atoms with Gasteiger partial charge in [0.25, 0.3) is 0 Å². The number of nitrogens with two attached hydrogens (primary N) is 1. The highest BCUT2D eigenvalue weighted by atomic mass is 16.4. The van der Waals surface area contributed by atoms with Crippen LogP contribution >= 0.6 is 0 Å². The van der Waals surface area contributed by atoms with E-state index in [0.29, 0.717) is 0 Å². The van der Waals surface area contributed by atoms with Crippen LogP contribution in [0.5, 0.6) is 0 Å². The summed E-state index contributed by atoms with van der Waals surface area (Å²) in [4.78, 5) is 168. The third kappa shape index (κ3) is 25.7. The second kappa shape index (κ2) is 28.9. The largest absolute Gasteiger partial charge is 0.481 e. The molecule has 0 spiro atoms. The summed E-state index contributed by atoms with van der Waals surface area (Å²) in [5.74, 6) is -18.3. The molecule has 0 saturated heterocycles. The van der Waals surface area contributed by atoms with Crippen molar-refractivity contribution in [3.63, 3.8) is 0 Å². The van der Waals surface area contributed by atoms with Crippen molar-refractivity contribution in [1.82, 2.24) is 37.2 Å². The van der Waals surface area contributed by atoms with Crippen LogP contribution in [0.3, 0.4) is 0 Å². The molecule has 0 saturated carbocycles. The van der Waals surface area contributed by atoms with Gasteiger partial charge in [0.1, 0.15) is 30.2 Å². The highest BCUT2D eigenvalue weighted by Gasteiger charge is 2.31. The van der Waals surface area contributed by atoms with E-state index in [0.717, 1.165) is 0 Å². The van der Waals surface area contributed by atoms with Crippen LogP contribution in [0.15, 0.2) is 0 Å². The van der Waals surface area contributed by atoms with Crippen LogP contribution in [0, 0.1) is 0 Å². The van der Waals surface area contributed by atoms with Crippen LogP contribution in [-0.4, -0.2) is 168 Å². The van der Waals surface area contributed by atoms with Crippen molar-refractivity contribution >= 4 is 83.1 Å². The van der Waals surface area contributed by atoms with E-state index in [1.807, 2.05) is 10.6 Å². The van der Waals surface area contributed by atoms with Crippen molar-refractivity contribution in [3.8, 4) is 0 Å². The van der Waals surface area contributed by atoms with Crippen molar-refractivity contribution in [2.24, 2.45) is 5.73 Å². The Labute approximate surface area is 355 Å². The lowest BCUT2D eigenvalue weighted by Gasteiger charge is -2.24. The third-order valence-electron chi connectivity index (χ3n) is 8.27. The smallest absolute Gasteiger partial charge is 0.326 e. The maximum absolute atomic E-state index is 13.3. The number of nitrogens with one attached hydrogen (secondary N) is 7. The lowest BCUT2D eigenvalue weighted by Crippen LogP contribution is -2.57. The quantitative estimate of drug-likeness (QED) is 0.0292. The standard InChI is InChI=1S/C34H50N8O21/c35-15(1-7-23(45)46)29(57)40-16(2-8-24(47)48)30(58)36-13-21(43)38-18(4-10-26(51)52)32(60)41-17(3-9-25(49)50)31(59)37-14-22(44)39-19(5-11-27(53)54)33(61)42-20(34(62)63)6-12-28(55)56/h15-20H,1-14,35H2,(H,36,58)(H,37,59)(H,38,43)(H,39,44)(H,40,57)(H,41,60)(H,42,61)(H,45,46)(H,47,48)(H,49,50)(H,51,52)(H,53,54)(H,55,56)(H,62,63)/t15-,16-,17-,18-,19-,20-/m0/s1. The Balaban J connectivity index is 5.94. The Morgan fingerprint density at radius 3 is 0.889 bits per heavy atom. The van der Waals surface area contributed by atoms with Crippen molar-refractivity contribution in [3.05, 3.63) is 0 Å². The van der Waals surface area contributed by atoms with Gasteiger partial charge in [0.05, 0.1) is 19.1 Å². The molecule has 29 heteroatoms. The number of aliphatic carboxylic acids is 7. The molecule has 29 nitrogen and oxygen atoms in total. The number of carboxylic acids is 7. The molecule has 0 aliphatic heterocycles. The van der Waals surface area contributed by atoms with Gasteiger partial charge in [0.15, 0.2) is 0 Å². The molecule has 0 fully saturated rings. The van der Waals surface area contributed by atoms with Gasteiger partial charge in [0, 0.05) is 38.5 Å². The first-order chi connectivity index (χ1) is 29.3. The summed E-state index contributed by atoms with van der Waals surface area (Å²) in [6.07, 6.45) is -7.52. The Morgan fingerprint density at radius 2 is 0.587 bits per heavy atom. The SMILES string of the molecule is N[C@@H](CCC(=O)O)C(=O)N[C@@H](CCC(=O)O)C(=O)NCC(=O)N[C@@H](CCC(=O)O)C(=O)N[C@@H](CCC(=O)O)C(=O)NCC(=O)N[C@@H](CCC(=O)O)C(=O)N[C@@H](CCC(=O)O)C(=O)O. The van der Waals surface area contributed by atoms with Gasteiger partial charge in [-0.15, -0.1) is 0 Å². The van der Waals surface area contributed by atoms with Crippen LogP contribution in [-0.2, 0) is 67.1 Å². The number of hydrogen-bond acceptors (Lipinski definition) is 15. The molecule has 352 valence electrons. The molecule has 0 aromatic carbocycles. The molecular weight excluding hydrogens is 856 g/mol. The summed E-state index contributed by atoms with van der Waals surface area (Å²) in [7, 11) is 0. The number of carboxylic acid groups (broad SMARTS) is 7. The molecule has 6 atom stereocenters. The zero-order valence-corrected chi connectivity index (χ0v) is 33.3. The molecule has 7 amide bonds. The van der Waals surface area contributed by atoms with Gasteiger partial charge in [-0.05, 0) is 38.5 Å². The third-order valence-corrected chi connectivity index (χ3v) is 8.27. The molecule has 0 rings (SSSR count). The van der Waals surface area contributed by atoms with Crippen molar-refractivity contribution in [2.75, 3.05) is 13.1 Å². The first-order valence-corrected chi connectivity index (χ1v) is 18.7. The molecule has 16 N–H and O–H groups in total. The molecule has 0 aliphatic carbocycles. The van der Waals surface area contributed by atoms with Crippen LogP contribution in [0.2, 0.25) is 0 Å². The van der Waals surface area contributed by atoms with E-state index in [4.69, 9.17) is 26.2 Å². The Kier molecular flexibility index (Phi) is 25.5. The van der Waals surface area contributed by atoms with E-state index in [1.54, 1.807) is 0 Å². The fourth-order valence-corrected chi connectivity index (χ4v) is 4.98. The van der Waals surface area contributed by atoms with Crippen LogP contribution in [0.1, 0.15) is 77.0 Å². The van der Waals surface area contributed by atoms with Crippen molar-refractivity contribution in [2.45, 2.75) is 113 Å². The van der Waals surface area contributed by atoms with Gasteiger partial charge in [-0.1, -0.05) is 0 Å². The normalized spacial score (nSPS) is 13.4. The predicted molar refractivity (Wildman–Crippen MR) is 203 cm³/mol. The first-order valence-electron chi connectivity index (χ1n) is 18.7. The average molecular weight is 907 g/mol. The van der Waals surface area contributed by atoms with Gasteiger partial charge in [0.2, 0.25) is 41.4 Å². The van der Waals surface area contributed by atoms with E-state index < -0.39 is 203 Å². The summed E-state index contributed by atoms with van der Waals surface area (Å²) in [5.41, 5.74) is 5.63. The second-order valence-electron chi connectivity index (χ2n) is 13.4. The van der Waals surface area contributed by atoms with Gasteiger partial charge >= 0.3 is 41.8 Å².